The van der Waals surface area contributed by atoms with Crippen molar-refractivity contribution in [3.05, 3.63) is 47.9 Å². The summed E-state index contributed by atoms with van der Waals surface area (Å²) in [6.45, 7) is 1.99. The van der Waals surface area contributed by atoms with Gasteiger partial charge in [0, 0.05) is 22.8 Å². The van der Waals surface area contributed by atoms with Crippen LogP contribution in [0.3, 0.4) is 0 Å². The number of ether oxygens (including phenoxy) is 1. The van der Waals surface area contributed by atoms with Crippen LogP contribution in [0.2, 0.25) is 0 Å². The molecule has 0 bridgehead atoms. The van der Waals surface area contributed by atoms with Gasteiger partial charge in [-0.05, 0) is 19.1 Å². The number of amides is 1. The monoisotopic (exact) mass is 317 g/mol. The minimum Gasteiger partial charge on any atom is -0.465 e. The predicted octanol–water partition coefficient (Wildman–Crippen LogP) is 3.21. The Morgan fingerprint density at radius 1 is 1.36 bits per heavy atom. The highest BCUT2D eigenvalue weighted by molar-refractivity contribution is 7.99. The van der Waals surface area contributed by atoms with Gasteiger partial charge in [0.15, 0.2) is 5.76 Å². The molecule has 2 aromatic rings. The smallest absolute Gasteiger partial charge is 0.341 e. The molecule has 0 spiro atoms. The maximum absolute atomic E-state index is 12.8. The number of anilines is 1. The molecule has 0 saturated heterocycles. The number of methoxy groups -OCH3 is 1. The Kier molecular flexibility index (Phi) is 3.94. The number of para-hydroxylation sites is 1. The van der Waals surface area contributed by atoms with E-state index in [-0.39, 0.29) is 23.3 Å². The van der Waals surface area contributed by atoms with Crippen molar-refractivity contribution in [2.45, 2.75) is 17.9 Å². The fourth-order valence-corrected chi connectivity index (χ4v) is 3.46. The Labute approximate surface area is 132 Å². The highest BCUT2D eigenvalue weighted by Gasteiger charge is 2.31. The first kappa shape index (κ1) is 14.7. The van der Waals surface area contributed by atoms with E-state index >= 15 is 0 Å². The van der Waals surface area contributed by atoms with Gasteiger partial charge in [-0.25, -0.2) is 4.79 Å². The number of furan rings is 1. The Morgan fingerprint density at radius 2 is 2.14 bits per heavy atom. The van der Waals surface area contributed by atoms with Crippen molar-refractivity contribution in [2.24, 2.45) is 0 Å². The summed E-state index contributed by atoms with van der Waals surface area (Å²) in [6, 6.07) is 9.23. The summed E-state index contributed by atoms with van der Waals surface area (Å²) in [6.07, 6.45) is 1.24. The van der Waals surface area contributed by atoms with Crippen LogP contribution < -0.4 is 4.90 Å². The third-order valence-electron chi connectivity index (χ3n) is 3.50. The Morgan fingerprint density at radius 3 is 2.91 bits per heavy atom. The average molecular weight is 317 g/mol. The first-order chi connectivity index (χ1) is 10.6. The lowest BCUT2D eigenvalue weighted by Gasteiger charge is -2.34. The summed E-state index contributed by atoms with van der Waals surface area (Å²) in [5.74, 6) is 0.169. The zero-order valence-corrected chi connectivity index (χ0v) is 13.1. The van der Waals surface area contributed by atoms with Crippen molar-refractivity contribution in [3.63, 3.8) is 0 Å². The van der Waals surface area contributed by atoms with Crippen molar-refractivity contribution in [2.75, 3.05) is 17.8 Å². The molecule has 1 amide bonds. The zero-order valence-electron chi connectivity index (χ0n) is 12.2. The molecular weight excluding hydrogens is 302 g/mol. The molecule has 0 saturated carbocycles. The quantitative estimate of drug-likeness (QED) is 0.796. The van der Waals surface area contributed by atoms with Gasteiger partial charge in [0.05, 0.1) is 18.4 Å². The number of carbonyl (C=O) groups excluding carboxylic acids is 2. The third-order valence-corrected chi connectivity index (χ3v) is 4.80. The number of thioether (sulfide) groups is 1. The number of nitrogens with zero attached hydrogens (tertiary/aromatic N) is 1. The van der Waals surface area contributed by atoms with E-state index in [2.05, 4.69) is 4.74 Å². The van der Waals surface area contributed by atoms with Crippen LogP contribution in [0, 0.1) is 0 Å². The largest absolute Gasteiger partial charge is 0.465 e. The minimum atomic E-state index is -0.523. The molecule has 1 aliphatic heterocycles. The second-order valence-electron chi connectivity index (χ2n) is 4.99. The van der Waals surface area contributed by atoms with Crippen molar-refractivity contribution < 1.29 is 18.7 Å². The van der Waals surface area contributed by atoms with E-state index in [1.54, 1.807) is 16.7 Å². The lowest BCUT2D eigenvalue weighted by atomic mass is 10.2. The molecule has 1 unspecified atom stereocenters. The van der Waals surface area contributed by atoms with Gasteiger partial charge in [-0.2, -0.15) is 0 Å². The van der Waals surface area contributed by atoms with Crippen LogP contribution >= 0.6 is 11.8 Å². The summed E-state index contributed by atoms with van der Waals surface area (Å²) >= 11 is 1.73. The van der Waals surface area contributed by atoms with Crippen LogP contribution in [0.5, 0.6) is 0 Å². The molecule has 2 heterocycles. The molecule has 5 nitrogen and oxygen atoms in total. The molecule has 1 aromatic carbocycles. The van der Waals surface area contributed by atoms with E-state index in [4.69, 9.17) is 4.42 Å². The van der Waals surface area contributed by atoms with Crippen LogP contribution in [0.4, 0.5) is 5.69 Å². The Balaban J connectivity index is 1.95. The molecule has 0 aliphatic carbocycles. The Bertz CT molecular complexity index is 724. The zero-order chi connectivity index (χ0) is 15.7. The molecule has 1 aromatic heterocycles. The highest BCUT2D eigenvalue weighted by Crippen LogP contribution is 2.38. The molecule has 114 valence electrons. The maximum atomic E-state index is 12.8. The molecule has 0 radical (unpaired) electrons. The summed E-state index contributed by atoms with van der Waals surface area (Å²) in [4.78, 5) is 27.0. The van der Waals surface area contributed by atoms with Crippen LogP contribution in [0.15, 0.2) is 45.9 Å². The van der Waals surface area contributed by atoms with E-state index in [0.717, 1.165) is 16.3 Å². The van der Waals surface area contributed by atoms with Crippen molar-refractivity contribution in [1.82, 2.24) is 0 Å². The van der Waals surface area contributed by atoms with Crippen molar-refractivity contribution in [1.29, 1.82) is 0 Å². The summed E-state index contributed by atoms with van der Waals surface area (Å²) in [5.41, 5.74) is 1.10. The number of hydrogen-bond donors (Lipinski definition) is 0. The summed E-state index contributed by atoms with van der Waals surface area (Å²) < 4.78 is 9.89. The van der Waals surface area contributed by atoms with Crippen LogP contribution in [-0.4, -0.2) is 30.8 Å². The first-order valence-electron chi connectivity index (χ1n) is 6.84. The summed E-state index contributed by atoms with van der Waals surface area (Å²) in [7, 11) is 1.29. The van der Waals surface area contributed by atoms with Crippen molar-refractivity contribution >= 4 is 29.3 Å². The van der Waals surface area contributed by atoms with Gasteiger partial charge in [0.1, 0.15) is 6.26 Å². The van der Waals surface area contributed by atoms with Crippen molar-refractivity contribution in [3.8, 4) is 0 Å². The van der Waals surface area contributed by atoms with Gasteiger partial charge in [-0.3, -0.25) is 4.79 Å². The highest BCUT2D eigenvalue weighted by atomic mass is 32.2. The van der Waals surface area contributed by atoms with Crippen LogP contribution in [0.25, 0.3) is 0 Å². The first-order valence-corrected chi connectivity index (χ1v) is 7.82. The molecule has 6 heteroatoms. The fraction of sp³-hybridized carbons (Fsp3) is 0.250. The number of benzene rings is 1. The molecule has 22 heavy (non-hydrogen) atoms. The second-order valence-corrected chi connectivity index (χ2v) is 6.06. The lowest BCUT2D eigenvalue weighted by molar-refractivity contribution is 0.0600. The van der Waals surface area contributed by atoms with E-state index in [0.29, 0.717) is 0 Å². The SMILES string of the molecule is COC(=O)c1coc(C(=O)N2c3ccccc3SCC2C)c1. The molecule has 0 N–H and O–H groups in total. The number of carbonyl (C=O) groups is 2. The predicted molar refractivity (Wildman–Crippen MR) is 83.5 cm³/mol. The molecule has 1 aliphatic rings. The van der Waals surface area contributed by atoms with Gasteiger partial charge in [0.25, 0.3) is 5.91 Å². The number of rotatable bonds is 2. The van der Waals surface area contributed by atoms with Gasteiger partial charge in [-0.1, -0.05) is 12.1 Å². The normalized spacial score (nSPS) is 17.0. The molecule has 1 atom stereocenters. The third kappa shape index (κ3) is 2.50. The van der Waals surface area contributed by atoms with E-state index in [1.165, 1.54) is 19.4 Å². The lowest BCUT2D eigenvalue weighted by Crippen LogP contribution is -2.42. The van der Waals surface area contributed by atoms with Gasteiger partial charge >= 0.3 is 5.97 Å². The number of esters is 1. The van der Waals surface area contributed by atoms with Gasteiger partial charge < -0.3 is 14.1 Å². The minimum absolute atomic E-state index is 0.0408. The topological polar surface area (TPSA) is 59.8 Å². The maximum Gasteiger partial charge on any atom is 0.341 e. The Hall–Kier alpha value is -2.21. The molecule has 0 fully saturated rings. The molecule has 3 rings (SSSR count). The van der Waals surface area contributed by atoms with E-state index < -0.39 is 5.97 Å². The van der Waals surface area contributed by atoms with E-state index in [1.807, 2.05) is 31.2 Å². The fourth-order valence-electron chi connectivity index (χ4n) is 2.40. The van der Waals surface area contributed by atoms with Gasteiger partial charge in [-0.15, -0.1) is 11.8 Å². The van der Waals surface area contributed by atoms with Crippen LogP contribution in [-0.2, 0) is 4.74 Å². The number of hydrogen-bond acceptors (Lipinski definition) is 5. The number of fused-ring (bicyclic) bond motifs is 1. The molecular formula is C16H15NO4S. The summed E-state index contributed by atoms with van der Waals surface area (Å²) in [5, 5.41) is 0. The van der Waals surface area contributed by atoms with E-state index in [9.17, 15) is 9.59 Å². The van der Waals surface area contributed by atoms with Crippen LogP contribution in [0.1, 0.15) is 27.8 Å². The van der Waals surface area contributed by atoms with Gasteiger partial charge in [0.2, 0.25) is 0 Å². The average Bonchev–Trinajstić information content (AvgIpc) is 3.03. The second kappa shape index (κ2) is 5.88. The standard InChI is InChI=1S/C16H15NO4S/c1-10-9-22-14-6-4-3-5-12(14)17(10)15(18)13-7-11(8-21-13)16(19)20-2/h3-8,10H,9H2,1-2H3.